The molecule has 0 amide bonds. The number of fused-ring (bicyclic) bond motifs is 1. The maximum absolute atomic E-state index is 6.19. The van der Waals surface area contributed by atoms with Gasteiger partial charge in [0.1, 0.15) is 22.9 Å². The van der Waals surface area contributed by atoms with E-state index in [2.05, 4.69) is 24.4 Å². The second-order valence-electron chi connectivity index (χ2n) is 5.49. The van der Waals surface area contributed by atoms with E-state index in [1.54, 1.807) is 18.4 Å². The van der Waals surface area contributed by atoms with Crippen molar-refractivity contribution >= 4 is 28.8 Å². The minimum absolute atomic E-state index is 0.663. The summed E-state index contributed by atoms with van der Waals surface area (Å²) in [6, 6.07) is 9.85. The molecule has 1 aliphatic rings. The van der Waals surface area contributed by atoms with Gasteiger partial charge in [0, 0.05) is 22.0 Å². The van der Waals surface area contributed by atoms with Gasteiger partial charge in [0.2, 0.25) is 0 Å². The fraction of sp³-hybridized carbons (Fsp3) is 0.235. The van der Waals surface area contributed by atoms with Crippen molar-refractivity contribution in [2.45, 2.75) is 13.3 Å². The van der Waals surface area contributed by atoms with Gasteiger partial charge in [-0.05, 0) is 43.7 Å². The second-order valence-corrected chi connectivity index (χ2v) is 7.22. The van der Waals surface area contributed by atoms with Crippen LogP contribution in [0.3, 0.4) is 0 Å². The number of benzene rings is 1. The summed E-state index contributed by atoms with van der Waals surface area (Å²) in [5.74, 6) is 1.79. The molecule has 6 heteroatoms. The highest BCUT2D eigenvalue weighted by atomic mass is 35.5. The van der Waals surface area contributed by atoms with E-state index in [1.807, 2.05) is 22.9 Å². The molecule has 0 aliphatic carbocycles. The van der Waals surface area contributed by atoms with Gasteiger partial charge < -0.3 is 10.1 Å². The molecule has 1 aliphatic heterocycles. The maximum Gasteiger partial charge on any atom is 0.144 e. The van der Waals surface area contributed by atoms with E-state index in [1.165, 1.54) is 15.3 Å². The molecule has 0 bridgehead atoms. The molecule has 0 unspecified atom stereocenters. The lowest BCUT2D eigenvalue weighted by atomic mass is 10.2. The second kappa shape index (κ2) is 5.58. The lowest BCUT2D eigenvalue weighted by Gasteiger charge is -2.11. The molecule has 23 heavy (non-hydrogen) atoms. The predicted molar refractivity (Wildman–Crippen MR) is 95.4 cm³/mol. The molecule has 0 saturated heterocycles. The van der Waals surface area contributed by atoms with Crippen molar-refractivity contribution in [1.82, 2.24) is 9.78 Å². The van der Waals surface area contributed by atoms with Crippen LogP contribution in [0.5, 0.6) is 5.75 Å². The van der Waals surface area contributed by atoms with E-state index in [0.717, 1.165) is 35.9 Å². The Morgan fingerprint density at radius 2 is 2.17 bits per heavy atom. The third-order valence-corrected chi connectivity index (χ3v) is 5.24. The molecule has 0 fully saturated rings. The topological polar surface area (TPSA) is 39.1 Å². The number of aryl methyl sites for hydroxylation is 1. The van der Waals surface area contributed by atoms with Crippen molar-refractivity contribution in [3.8, 4) is 22.0 Å². The number of ether oxygens (including phenoxy) is 1. The summed E-state index contributed by atoms with van der Waals surface area (Å²) in [6.45, 7) is 3.04. The van der Waals surface area contributed by atoms with Gasteiger partial charge in [-0.3, -0.25) is 0 Å². The first-order valence-corrected chi connectivity index (χ1v) is 8.63. The zero-order valence-corrected chi connectivity index (χ0v) is 14.5. The van der Waals surface area contributed by atoms with Gasteiger partial charge in [0.15, 0.2) is 0 Å². The van der Waals surface area contributed by atoms with Gasteiger partial charge in [-0.2, -0.15) is 5.10 Å². The van der Waals surface area contributed by atoms with E-state index < -0.39 is 0 Å². The molecule has 3 heterocycles. The third-order valence-electron chi connectivity index (χ3n) is 3.99. The van der Waals surface area contributed by atoms with Gasteiger partial charge in [-0.25, -0.2) is 4.68 Å². The number of thiophene rings is 1. The van der Waals surface area contributed by atoms with E-state index in [9.17, 15) is 0 Å². The van der Waals surface area contributed by atoms with Gasteiger partial charge >= 0.3 is 0 Å². The van der Waals surface area contributed by atoms with E-state index in [4.69, 9.17) is 21.4 Å². The first-order chi connectivity index (χ1) is 11.2. The Morgan fingerprint density at radius 1 is 1.30 bits per heavy atom. The van der Waals surface area contributed by atoms with Crippen LogP contribution in [-0.4, -0.2) is 23.4 Å². The van der Waals surface area contributed by atoms with Crippen LogP contribution in [0.1, 0.15) is 10.4 Å². The van der Waals surface area contributed by atoms with E-state index in [0.29, 0.717) is 5.02 Å². The molecule has 2 aromatic heterocycles. The lowest BCUT2D eigenvalue weighted by molar-refractivity contribution is 0.412. The fourth-order valence-electron chi connectivity index (χ4n) is 2.94. The fourth-order valence-corrected chi connectivity index (χ4v) is 3.98. The molecule has 0 saturated carbocycles. The summed E-state index contributed by atoms with van der Waals surface area (Å²) in [5.41, 5.74) is 3.16. The van der Waals surface area contributed by atoms with Crippen LogP contribution in [0.15, 0.2) is 30.3 Å². The quantitative estimate of drug-likeness (QED) is 0.757. The molecule has 1 N–H and O–H groups in total. The summed E-state index contributed by atoms with van der Waals surface area (Å²) in [5, 5.41) is 8.97. The number of rotatable bonds is 3. The Labute approximate surface area is 143 Å². The molecule has 118 valence electrons. The largest absolute Gasteiger partial charge is 0.494 e. The Bertz CT molecular complexity index is 884. The SMILES string of the molecule is COc1ccc(Cl)cc1-n1nc(-c2ccc(C)s2)c2c1NCC2. The zero-order chi connectivity index (χ0) is 16.0. The number of methoxy groups -OCH3 is 1. The number of hydrogen-bond acceptors (Lipinski definition) is 4. The molecule has 0 radical (unpaired) electrons. The van der Waals surface area contributed by atoms with Crippen molar-refractivity contribution in [3.63, 3.8) is 0 Å². The van der Waals surface area contributed by atoms with Crippen LogP contribution in [0, 0.1) is 6.92 Å². The van der Waals surface area contributed by atoms with Gasteiger partial charge in [0.25, 0.3) is 0 Å². The van der Waals surface area contributed by atoms with Crippen LogP contribution in [0.4, 0.5) is 5.82 Å². The zero-order valence-electron chi connectivity index (χ0n) is 12.9. The predicted octanol–water partition coefficient (Wildman–Crippen LogP) is 4.54. The molecule has 3 aromatic rings. The molecule has 0 atom stereocenters. The van der Waals surface area contributed by atoms with E-state index in [-0.39, 0.29) is 0 Å². The standard InChI is InChI=1S/C17H16ClN3OS/c1-10-3-6-15(23-10)16-12-7-8-19-17(12)21(20-16)13-9-11(18)4-5-14(13)22-2/h3-6,9,19H,7-8H2,1-2H3. The number of anilines is 1. The number of halogens is 1. The van der Waals surface area contributed by atoms with Crippen LogP contribution >= 0.6 is 22.9 Å². The highest BCUT2D eigenvalue weighted by molar-refractivity contribution is 7.15. The number of nitrogens with one attached hydrogen (secondary N) is 1. The number of hydrogen-bond donors (Lipinski definition) is 1. The summed E-state index contributed by atoms with van der Waals surface area (Å²) >= 11 is 7.95. The summed E-state index contributed by atoms with van der Waals surface area (Å²) < 4.78 is 7.40. The molecular weight excluding hydrogens is 330 g/mol. The lowest BCUT2D eigenvalue weighted by Crippen LogP contribution is -2.05. The molecule has 1 aromatic carbocycles. The minimum atomic E-state index is 0.663. The Morgan fingerprint density at radius 3 is 2.91 bits per heavy atom. The molecule has 0 spiro atoms. The highest BCUT2D eigenvalue weighted by Gasteiger charge is 2.25. The highest BCUT2D eigenvalue weighted by Crippen LogP contribution is 2.39. The van der Waals surface area contributed by atoms with Gasteiger partial charge in [-0.15, -0.1) is 11.3 Å². The molecule has 4 nitrogen and oxygen atoms in total. The molecular formula is C17H16ClN3OS. The third kappa shape index (κ3) is 2.40. The monoisotopic (exact) mass is 345 g/mol. The summed E-state index contributed by atoms with van der Waals surface area (Å²) in [7, 11) is 1.66. The normalized spacial score (nSPS) is 13.0. The summed E-state index contributed by atoms with van der Waals surface area (Å²) in [6.07, 6.45) is 0.977. The number of aromatic nitrogens is 2. The summed E-state index contributed by atoms with van der Waals surface area (Å²) in [4.78, 5) is 2.48. The Balaban J connectivity index is 1.93. The maximum atomic E-state index is 6.19. The van der Waals surface area contributed by atoms with E-state index >= 15 is 0 Å². The van der Waals surface area contributed by atoms with Crippen molar-refractivity contribution in [1.29, 1.82) is 0 Å². The Kier molecular flexibility index (Phi) is 3.54. The van der Waals surface area contributed by atoms with Crippen LogP contribution < -0.4 is 10.1 Å². The van der Waals surface area contributed by atoms with Gasteiger partial charge in [-0.1, -0.05) is 11.6 Å². The van der Waals surface area contributed by atoms with Crippen molar-refractivity contribution in [3.05, 3.63) is 45.8 Å². The average molecular weight is 346 g/mol. The minimum Gasteiger partial charge on any atom is -0.494 e. The van der Waals surface area contributed by atoms with Gasteiger partial charge in [0.05, 0.1) is 12.0 Å². The van der Waals surface area contributed by atoms with Crippen LogP contribution in [0.2, 0.25) is 5.02 Å². The van der Waals surface area contributed by atoms with Crippen LogP contribution in [-0.2, 0) is 6.42 Å². The first-order valence-electron chi connectivity index (χ1n) is 7.44. The average Bonchev–Trinajstić information content (AvgIpc) is 3.23. The number of nitrogens with zero attached hydrogens (tertiary/aromatic N) is 2. The van der Waals surface area contributed by atoms with Crippen molar-refractivity contribution in [2.24, 2.45) is 0 Å². The van der Waals surface area contributed by atoms with Crippen molar-refractivity contribution < 1.29 is 4.74 Å². The smallest absolute Gasteiger partial charge is 0.144 e. The van der Waals surface area contributed by atoms with Crippen LogP contribution in [0.25, 0.3) is 16.3 Å². The first kappa shape index (κ1) is 14.6. The van der Waals surface area contributed by atoms with Crippen molar-refractivity contribution in [2.75, 3.05) is 19.0 Å². The Hall–Kier alpha value is -1.98. The molecule has 4 rings (SSSR count).